The van der Waals surface area contributed by atoms with Gasteiger partial charge < -0.3 is 14.6 Å². The molecule has 4 rings (SSSR count). The molecular formula is C29H40O7. The van der Waals surface area contributed by atoms with Crippen molar-refractivity contribution >= 4 is 23.5 Å². The van der Waals surface area contributed by atoms with E-state index in [0.29, 0.717) is 25.7 Å². The van der Waals surface area contributed by atoms with E-state index in [1.165, 1.54) is 0 Å². The summed E-state index contributed by atoms with van der Waals surface area (Å²) in [6.45, 7) is 9.32. The number of ether oxygens (including phenoxy) is 2. The molecule has 2 unspecified atom stereocenters. The van der Waals surface area contributed by atoms with Gasteiger partial charge in [-0.15, -0.1) is 0 Å². The van der Waals surface area contributed by atoms with Crippen molar-refractivity contribution < 1.29 is 33.8 Å². The molecule has 0 aliphatic heterocycles. The quantitative estimate of drug-likeness (QED) is 0.524. The predicted octanol–water partition coefficient (Wildman–Crippen LogP) is 4.12. The van der Waals surface area contributed by atoms with E-state index in [1.807, 2.05) is 19.9 Å². The smallest absolute Gasteiger partial charge is 0.306 e. The highest BCUT2D eigenvalue weighted by Gasteiger charge is 2.70. The first kappa shape index (κ1) is 26.8. The molecule has 4 aliphatic carbocycles. The minimum Gasteiger partial charge on any atom is -0.457 e. The number of rotatable bonds is 7. The molecule has 0 aromatic heterocycles. The maximum absolute atomic E-state index is 13.8. The molecule has 8 atom stereocenters. The summed E-state index contributed by atoms with van der Waals surface area (Å²) in [4.78, 5) is 50.6. The molecule has 4 aliphatic rings. The zero-order chi connectivity index (χ0) is 26.5. The standard InChI is InChI=1S/C29H40O7/c1-6-8-25(34)35-16-23(32)29(36-24(33)7-2)12-10-20-19-13-17(3)21-14-18(30)9-11-27(21,4)26(19)22(31)15-28(20,29)5/h9,11,14,17,19-20,22,26,31H,6-8,10,12-13,15-16H2,1-5H3/t17?,19-,20-,22?,26+,27-,28-,29-/m0/s1. The number of hydrogen-bond donors (Lipinski definition) is 1. The molecular weight excluding hydrogens is 460 g/mol. The van der Waals surface area contributed by atoms with E-state index >= 15 is 0 Å². The summed E-state index contributed by atoms with van der Waals surface area (Å²) in [6, 6.07) is 0. The van der Waals surface area contributed by atoms with Crippen LogP contribution >= 0.6 is 0 Å². The second kappa shape index (κ2) is 9.55. The summed E-state index contributed by atoms with van der Waals surface area (Å²) in [6.07, 6.45) is 7.64. The molecule has 0 aromatic rings. The highest BCUT2D eigenvalue weighted by Crippen LogP contribution is 2.68. The van der Waals surface area contributed by atoms with Crippen LogP contribution in [0.25, 0.3) is 0 Å². The number of carbonyl (C=O) groups excluding carboxylic acids is 4. The van der Waals surface area contributed by atoms with Crippen molar-refractivity contribution in [1.82, 2.24) is 0 Å². The normalized spacial score (nSPS) is 41.0. The van der Waals surface area contributed by atoms with Crippen LogP contribution in [0.2, 0.25) is 0 Å². The van der Waals surface area contributed by atoms with Gasteiger partial charge in [0.15, 0.2) is 18.0 Å². The van der Waals surface area contributed by atoms with Gasteiger partial charge in [0.2, 0.25) is 5.78 Å². The summed E-state index contributed by atoms with van der Waals surface area (Å²) in [5.74, 6) is -1.15. The molecule has 0 saturated heterocycles. The van der Waals surface area contributed by atoms with Crippen LogP contribution in [-0.4, -0.2) is 46.9 Å². The SMILES string of the molecule is CCCC(=O)OCC(=O)[C@@]1(OC(=O)CC)CC[C@H]2[C@@H]3CC(C)C4=CC(=O)C=C[C@]4(C)[C@H]3C(O)C[C@@]21C. The second-order valence-electron chi connectivity index (χ2n) is 11.8. The Morgan fingerprint density at radius 1 is 1.17 bits per heavy atom. The minimum absolute atomic E-state index is 0.0162. The Balaban J connectivity index is 1.71. The van der Waals surface area contributed by atoms with E-state index in [-0.39, 0.29) is 42.3 Å². The third kappa shape index (κ3) is 3.98. The Bertz CT molecular complexity index is 1010. The Morgan fingerprint density at radius 3 is 2.56 bits per heavy atom. The Kier molecular flexibility index (Phi) is 7.10. The summed E-state index contributed by atoms with van der Waals surface area (Å²) in [7, 11) is 0. The van der Waals surface area contributed by atoms with Gasteiger partial charge >= 0.3 is 11.9 Å². The van der Waals surface area contributed by atoms with E-state index in [1.54, 1.807) is 19.1 Å². The van der Waals surface area contributed by atoms with Crippen molar-refractivity contribution in [2.24, 2.45) is 34.5 Å². The molecule has 0 radical (unpaired) electrons. The lowest BCUT2D eigenvalue weighted by molar-refractivity contribution is -0.201. The van der Waals surface area contributed by atoms with Crippen molar-refractivity contribution in [3.8, 4) is 0 Å². The van der Waals surface area contributed by atoms with Crippen LogP contribution in [0.3, 0.4) is 0 Å². The molecule has 7 heteroatoms. The maximum Gasteiger partial charge on any atom is 0.306 e. The number of aliphatic hydroxyl groups is 1. The fourth-order valence-corrected chi connectivity index (χ4v) is 8.23. The summed E-state index contributed by atoms with van der Waals surface area (Å²) in [5, 5.41) is 11.7. The fourth-order valence-electron chi connectivity index (χ4n) is 8.23. The fraction of sp³-hybridized carbons (Fsp3) is 0.724. The van der Waals surface area contributed by atoms with E-state index in [4.69, 9.17) is 9.47 Å². The van der Waals surface area contributed by atoms with Crippen LogP contribution in [-0.2, 0) is 28.7 Å². The molecule has 0 amide bonds. The monoisotopic (exact) mass is 500 g/mol. The average molecular weight is 501 g/mol. The van der Waals surface area contributed by atoms with Crippen LogP contribution < -0.4 is 0 Å². The highest BCUT2D eigenvalue weighted by atomic mass is 16.6. The first-order valence-corrected chi connectivity index (χ1v) is 13.5. The Hall–Kier alpha value is -2.28. The topological polar surface area (TPSA) is 107 Å². The molecule has 1 N–H and O–H groups in total. The molecule has 198 valence electrons. The van der Waals surface area contributed by atoms with E-state index in [0.717, 1.165) is 12.0 Å². The van der Waals surface area contributed by atoms with Gasteiger partial charge in [0.25, 0.3) is 0 Å². The van der Waals surface area contributed by atoms with Crippen LogP contribution in [0, 0.1) is 34.5 Å². The van der Waals surface area contributed by atoms with Gasteiger partial charge in [-0.2, -0.15) is 0 Å². The van der Waals surface area contributed by atoms with E-state index in [2.05, 4.69) is 13.8 Å². The molecule has 0 heterocycles. The minimum atomic E-state index is -1.44. The predicted molar refractivity (Wildman–Crippen MR) is 133 cm³/mol. The number of Topliss-reactive ketones (excluding diaryl/α,β-unsaturated/α-hetero) is 1. The lowest BCUT2D eigenvalue weighted by atomic mass is 9.44. The van der Waals surface area contributed by atoms with Crippen LogP contribution in [0.1, 0.15) is 79.6 Å². The Morgan fingerprint density at radius 2 is 1.89 bits per heavy atom. The largest absolute Gasteiger partial charge is 0.457 e. The van der Waals surface area contributed by atoms with Crippen LogP contribution in [0.15, 0.2) is 23.8 Å². The summed E-state index contributed by atoms with van der Waals surface area (Å²) < 4.78 is 11.3. The average Bonchev–Trinajstić information content (AvgIpc) is 3.11. The zero-order valence-electron chi connectivity index (χ0n) is 22.2. The number of aliphatic hydroxyl groups excluding tert-OH is 1. The molecule has 3 fully saturated rings. The molecule has 0 aromatic carbocycles. The summed E-state index contributed by atoms with van der Waals surface area (Å²) in [5.41, 5.74) is -1.61. The number of carbonyl (C=O) groups is 4. The third-order valence-corrected chi connectivity index (χ3v) is 9.78. The number of fused-ring (bicyclic) bond motifs is 5. The Labute approximate surface area is 213 Å². The number of esters is 2. The van der Waals surface area contributed by atoms with E-state index < -0.39 is 46.9 Å². The number of hydrogen-bond acceptors (Lipinski definition) is 7. The van der Waals surface area contributed by atoms with Crippen molar-refractivity contribution in [2.75, 3.05) is 6.61 Å². The van der Waals surface area contributed by atoms with Gasteiger partial charge in [0.1, 0.15) is 0 Å². The number of allylic oxidation sites excluding steroid dienone is 4. The second-order valence-corrected chi connectivity index (χ2v) is 11.8. The molecule has 36 heavy (non-hydrogen) atoms. The first-order valence-electron chi connectivity index (χ1n) is 13.5. The first-order chi connectivity index (χ1) is 16.9. The van der Waals surface area contributed by atoms with Crippen molar-refractivity contribution in [2.45, 2.75) is 91.3 Å². The van der Waals surface area contributed by atoms with Gasteiger partial charge in [-0.05, 0) is 62.0 Å². The lowest BCUT2D eigenvalue weighted by Gasteiger charge is -2.61. The van der Waals surface area contributed by atoms with Crippen LogP contribution in [0.4, 0.5) is 0 Å². The summed E-state index contributed by atoms with van der Waals surface area (Å²) >= 11 is 0. The molecule has 0 bridgehead atoms. The van der Waals surface area contributed by atoms with Gasteiger partial charge in [0, 0.05) is 29.6 Å². The van der Waals surface area contributed by atoms with Gasteiger partial charge in [-0.3, -0.25) is 19.2 Å². The van der Waals surface area contributed by atoms with Crippen molar-refractivity contribution in [3.63, 3.8) is 0 Å². The lowest BCUT2D eigenvalue weighted by Crippen LogP contribution is -2.63. The van der Waals surface area contributed by atoms with Crippen molar-refractivity contribution in [3.05, 3.63) is 23.8 Å². The third-order valence-electron chi connectivity index (χ3n) is 9.78. The van der Waals surface area contributed by atoms with Gasteiger partial charge in [-0.25, -0.2) is 0 Å². The van der Waals surface area contributed by atoms with Gasteiger partial charge in [0.05, 0.1) is 6.10 Å². The van der Waals surface area contributed by atoms with Crippen LogP contribution in [0.5, 0.6) is 0 Å². The van der Waals surface area contributed by atoms with Crippen molar-refractivity contribution in [1.29, 1.82) is 0 Å². The highest BCUT2D eigenvalue weighted by molar-refractivity contribution is 6.01. The maximum atomic E-state index is 13.8. The molecule has 7 nitrogen and oxygen atoms in total. The van der Waals surface area contributed by atoms with E-state index in [9.17, 15) is 24.3 Å². The van der Waals surface area contributed by atoms with Gasteiger partial charge in [-0.1, -0.05) is 46.3 Å². The molecule has 3 saturated carbocycles. The molecule has 0 spiro atoms. The number of ketones is 2. The zero-order valence-corrected chi connectivity index (χ0v) is 22.2.